The number of fused-ring (bicyclic) bond motifs is 2. The number of unbranched alkanes of at least 4 members (excludes halogenated alkanes) is 1. The second-order valence-electron chi connectivity index (χ2n) is 13.6. The van der Waals surface area contributed by atoms with Crippen molar-refractivity contribution in [2.75, 3.05) is 12.4 Å². The summed E-state index contributed by atoms with van der Waals surface area (Å²) in [6.07, 6.45) is 3.49. The van der Waals surface area contributed by atoms with Crippen LogP contribution in [-0.2, 0) is 28.6 Å². The van der Waals surface area contributed by atoms with Crippen LogP contribution in [0.25, 0.3) is 0 Å². The van der Waals surface area contributed by atoms with E-state index in [0.29, 0.717) is 42.9 Å². The molecule has 3 heterocycles. The van der Waals surface area contributed by atoms with Gasteiger partial charge < -0.3 is 24.4 Å². The molecule has 0 aromatic carbocycles. The van der Waals surface area contributed by atoms with E-state index in [4.69, 9.17) is 14.2 Å². The summed E-state index contributed by atoms with van der Waals surface area (Å²) in [5.41, 5.74) is -2.70. The number of rotatable bonds is 7. The number of ether oxygens (including phenoxy) is 3. The second kappa shape index (κ2) is 10.00. The summed E-state index contributed by atoms with van der Waals surface area (Å²) >= 11 is 0. The van der Waals surface area contributed by atoms with E-state index in [2.05, 4.69) is 20.4 Å². The lowest BCUT2D eigenvalue weighted by atomic mass is 9.35. The Morgan fingerprint density at radius 2 is 1.93 bits per heavy atom. The van der Waals surface area contributed by atoms with Gasteiger partial charge in [0.25, 0.3) is 0 Å². The monoisotopic (exact) mass is 594 g/mol. The predicted molar refractivity (Wildman–Crippen MR) is 151 cm³/mol. The fourth-order valence-corrected chi connectivity index (χ4v) is 12.8. The lowest BCUT2D eigenvalue weighted by molar-refractivity contribution is -0.458. The molecular formula is C30H42O8S2. The highest BCUT2D eigenvalue weighted by atomic mass is 33.1. The molecule has 7 rings (SSSR count). The number of aliphatic hydroxyl groups excluding tert-OH is 1. The van der Waals surface area contributed by atoms with E-state index < -0.39 is 75.8 Å². The Bertz CT molecular complexity index is 1100. The summed E-state index contributed by atoms with van der Waals surface area (Å²) in [7, 11) is 3.83. The molecule has 3 saturated heterocycles. The Hall–Kier alpha value is -1.07. The van der Waals surface area contributed by atoms with Crippen LogP contribution < -0.4 is 0 Å². The fraction of sp³-hybridized carbons (Fsp3) is 0.833. The van der Waals surface area contributed by atoms with Crippen molar-refractivity contribution in [3.05, 3.63) is 12.2 Å². The average Bonchev–Trinajstić information content (AvgIpc) is 3.45. The summed E-state index contributed by atoms with van der Waals surface area (Å²) in [5.74, 6) is -3.72. The second-order valence-corrected chi connectivity index (χ2v) is 16.4. The first-order valence-electron chi connectivity index (χ1n) is 14.8. The van der Waals surface area contributed by atoms with Gasteiger partial charge in [0, 0.05) is 41.6 Å². The van der Waals surface area contributed by atoms with Crippen LogP contribution >= 0.6 is 21.6 Å². The molecule has 0 radical (unpaired) electrons. The molecule has 2 N–H and O–H groups in total. The van der Waals surface area contributed by atoms with Gasteiger partial charge in [-0.3, -0.25) is 14.4 Å². The maximum atomic E-state index is 14.3. The Morgan fingerprint density at radius 3 is 2.62 bits per heavy atom. The van der Waals surface area contributed by atoms with Crippen molar-refractivity contribution >= 4 is 39.3 Å². The molecular weight excluding hydrogens is 552 g/mol. The van der Waals surface area contributed by atoms with E-state index in [1.54, 1.807) is 0 Å². The smallest absolute Gasteiger partial charge is 0.306 e. The standard InChI is InChI=1S/C30H42O8S2/c1-16-19-9-10-20-28-15-36-30(35,25(34)23(28)27(3,4)13-11-21(28)37-17(2)31)29(20,24(16)33)26(19)38-22(32)8-6-5-7-18-12-14-39-40-18/h18-21,23,25-26,34-35H,1,5-15H2,2-4H3/t18?,19-,20-,21-,23+,25-,26+,28+,29-,30+/m0/s1. The maximum absolute atomic E-state index is 14.3. The van der Waals surface area contributed by atoms with Crippen molar-refractivity contribution in [1.82, 2.24) is 0 Å². The van der Waals surface area contributed by atoms with Crippen molar-refractivity contribution in [3.63, 3.8) is 0 Å². The molecule has 4 bridgehead atoms. The molecule has 7 aliphatic rings. The zero-order valence-corrected chi connectivity index (χ0v) is 25.3. The molecule has 222 valence electrons. The third-order valence-corrected chi connectivity index (χ3v) is 14.3. The van der Waals surface area contributed by atoms with Crippen molar-refractivity contribution in [2.45, 2.75) is 108 Å². The molecule has 2 spiro atoms. The molecule has 0 aromatic rings. The zero-order chi connectivity index (χ0) is 28.7. The highest BCUT2D eigenvalue weighted by molar-refractivity contribution is 8.77. The maximum Gasteiger partial charge on any atom is 0.306 e. The molecule has 0 amide bonds. The van der Waals surface area contributed by atoms with Gasteiger partial charge in [0.1, 0.15) is 23.7 Å². The minimum atomic E-state index is -2.24. The number of carbonyl (C=O) groups excluding carboxylic acids is 3. The molecule has 0 aromatic heterocycles. The number of hydrogen-bond donors (Lipinski definition) is 2. The van der Waals surface area contributed by atoms with Crippen LogP contribution in [0.1, 0.15) is 78.6 Å². The Kier molecular flexibility index (Phi) is 7.25. The first kappa shape index (κ1) is 29.0. The number of carbonyl (C=O) groups is 3. The van der Waals surface area contributed by atoms with Gasteiger partial charge in [-0.05, 0) is 61.9 Å². The van der Waals surface area contributed by atoms with Crippen LogP contribution in [0.15, 0.2) is 12.2 Å². The quantitative estimate of drug-likeness (QED) is 0.192. The van der Waals surface area contributed by atoms with Crippen LogP contribution in [0.3, 0.4) is 0 Å². The van der Waals surface area contributed by atoms with Crippen molar-refractivity contribution in [1.29, 1.82) is 0 Å². The number of hydrogen-bond acceptors (Lipinski definition) is 10. The molecule has 1 unspecified atom stereocenters. The largest absolute Gasteiger partial charge is 0.462 e. The number of esters is 2. The first-order chi connectivity index (χ1) is 18.9. The fourth-order valence-electron chi connectivity index (χ4n) is 9.79. The van der Waals surface area contributed by atoms with E-state index in [9.17, 15) is 24.6 Å². The van der Waals surface area contributed by atoms with Gasteiger partial charge in [0.2, 0.25) is 5.79 Å². The van der Waals surface area contributed by atoms with Crippen LogP contribution in [0, 0.1) is 34.0 Å². The highest BCUT2D eigenvalue weighted by Gasteiger charge is 2.88. The van der Waals surface area contributed by atoms with Gasteiger partial charge in [0.15, 0.2) is 5.78 Å². The summed E-state index contributed by atoms with van der Waals surface area (Å²) in [4.78, 5) is 39.8. The van der Waals surface area contributed by atoms with E-state index in [1.165, 1.54) is 19.1 Å². The lowest BCUT2D eigenvalue weighted by Gasteiger charge is -2.74. The van der Waals surface area contributed by atoms with Gasteiger partial charge in [-0.2, -0.15) is 0 Å². The van der Waals surface area contributed by atoms with Crippen molar-refractivity contribution < 1.29 is 38.8 Å². The summed E-state index contributed by atoms with van der Waals surface area (Å²) in [6, 6.07) is 0. The predicted octanol–water partition coefficient (Wildman–Crippen LogP) is 4.21. The first-order valence-corrected chi connectivity index (χ1v) is 17.2. The molecule has 8 nitrogen and oxygen atoms in total. The number of Topliss-reactive ketones (excluding diaryl/α,β-unsaturated/α-hetero) is 1. The summed E-state index contributed by atoms with van der Waals surface area (Å²) in [6.45, 7) is 9.65. The van der Waals surface area contributed by atoms with Gasteiger partial charge in [-0.1, -0.05) is 48.4 Å². The van der Waals surface area contributed by atoms with Gasteiger partial charge >= 0.3 is 11.9 Å². The number of ketones is 1. The van der Waals surface area contributed by atoms with Crippen LogP contribution in [0.2, 0.25) is 0 Å². The molecule has 7 fully saturated rings. The molecule has 4 saturated carbocycles. The lowest BCUT2D eigenvalue weighted by Crippen LogP contribution is -2.86. The number of aliphatic hydroxyl groups is 2. The molecule has 10 heteroatoms. The average molecular weight is 595 g/mol. The van der Waals surface area contributed by atoms with Crippen molar-refractivity contribution in [2.24, 2.45) is 34.0 Å². The van der Waals surface area contributed by atoms with Gasteiger partial charge in [-0.15, -0.1) is 0 Å². The minimum absolute atomic E-state index is 0.0571. The minimum Gasteiger partial charge on any atom is -0.462 e. The van der Waals surface area contributed by atoms with E-state index >= 15 is 0 Å². The molecule has 10 atom stereocenters. The van der Waals surface area contributed by atoms with Gasteiger partial charge in [0.05, 0.1) is 6.61 Å². The zero-order valence-electron chi connectivity index (χ0n) is 23.7. The Labute approximate surface area is 244 Å². The Morgan fingerprint density at radius 1 is 1.15 bits per heavy atom. The van der Waals surface area contributed by atoms with Crippen LogP contribution in [-0.4, -0.2) is 69.6 Å². The van der Waals surface area contributed by atoms with Crippen LogP contribution in [0.4, 0.5) is 0 Å². The van der Waals surface area contributed by atoms with Crippen LogP contribution in [0.5, 0.6) is 0 Å². The summed E-state index contributed by atoms with van der Waals surface area (Å²) < 4.78 is 18.3. The third-order valence-electron chi connectivity index (χ3n) is 11.3. The SMILES string of the molecule is C=C1C(=O)[C@]23[C@H](OC(=O)CCCCC4CCSS4)[C@H]1CC[C@H]2[C@@]12CO[C@]3(O)[C@@H](O)[C@@H]1C(C)(C)CC[C@@H]2OC(C)=O. The normalized spacial score (nSPS) is 46.6. The molecule has 40 heavy (non-hydrogen) atoms. The summed E-state index contributed by atoms with van der Waals surface area (Å²) in [5, 5.41) is 25.0. The topological polar surface area (TPSA) is 119 Å². The highest BCUT2D eigenvalue weighted by Crippen LogP contribution is 2.77. The molecule has 4 aliphatic carbocycles. The van der Waals surface area contributed by atoms with Crippen molar-refractivity contribution in [3.8, 4) is 0 Å². The van der Waals surface area contributed by atoms with E-state index in [0.717, 1.165) is 12.8 Å². The van der Waals surface area contributed by atoms with Gasteiger partial charge in [-0.25, -0.2) is 0 Å². The Balaban J connectivity index is 1.35. The van der Waals surface area contributed by atoms with E-state index in [-0.39, 0.29) is 13.0 Å². The third kappa shape index (κ3) is 3.81. The molecule has 3 aliphatic heterocycles. The van der Waals surface area contributed by atoms with E-state index in [1.807, 2.05) is 21.6 Å².